The molecule has 0 rings (SSSR count). The third kappa shape index (κ3) is 87.6. The summed E-state index contributed by atoms with van der Waals surface area (Å²) in [4.78, 5) is 58.9. The van der Waals surface area contributed by atoms with E-state index < -0.39 is 91.5 Å². The number of aliphatic hydroxyl groups is 2. The number of esters is 3. The second-order valence-electron chi connectivity index (χ2n) is 29.3. The van der Waals surface area contributed by atoms with Crippen LogP contribution in [0.3, 0.4) is 0 Å². The van der Waals surface area contributed by atoms with Crippen molar-refractivity contribution in [2.24, 2.45) is 0 Å². The Hall–Kier alpha value is -5.09. The van der Waals surface area contributed by atoms with Crippen LogP contribution < -0.4 is 0 Å². The van der Waals surface area contributed by atoms with Gasteiger partial charge in [0, 0.05) is 19.3 Å². The number of allylic oxidation sites excluding steroid dienone is 28. The number of hydrogen-bond acceptors (Lipinski definition) is 14. The number of aliphatic hydroxyl groups excluding tert-OH is 2. The largest absolute Gasteiger partial charge is 0.472 e. The van der Waals surface area contributed by atoms with Crippen molar-refractivity contribution in [1.82, 2.24) is 0 Å². The van der Waals surface area contributed by atoms with Crippen LogP contribution in [-0.4, -0.2) is 95.9 Å². The van der Waals surface area contributed by atoms with Crippen LogP contribution in [0.5, 0.6) is 0 Å². The van der Waals surface area contributed by atoms with E-state index in [1.807, 2.05) is 0 Å². The molecule has 4 N–H and O–H groups in total. The number of ether oxygens (including phenoxy) is 3. The lowest BCUT2D eigenvalue weighted by atomic mass is 10.0. The number of carbonyl (C=O) groups is 3. The van der Waals surface area contributed by atoms with Gasteiger partial charge in [-0.05, 0) is 154 Å². The minimum Gasteiger partial charge on any atom is -0.463 e. The van der Waals surface area contributed by atoms with Crippen LogP contribution in [0.4, 0.5) is 0 Å². The molecular weight excluding hydrogens is 1460 g/mol. The lowest BCUT2D eigenvalue weighted by Gasteiger charge is -2.21. The molecule has 646 valence electrons. The van der Waals surface area contributed by atoms with Gasteiger partial charge in [-0.25, -0.2) is 9.13 Å². The van der Waals surface area contributed by atoms with Gasteiger partial charge < -0.3 is 34.2 Å². The monoisotopic (exact) mass is 1620 g/mol. The van der Waals surface area contributed by atoms with Crippen molar-refractivity contribution in [2.45, 2.75) is 373 Å². The van der Waals surface area contributed by atoms with Crippen molar-refractivity contribution in [2.75, 3.05) is 39.6 Å². The molecule has 5 unspecified atom stereocenters. The molecule has 16 nitrogen and oxygen atoms in total. The molecule has 0 radical (unpaired) electrons. The van der Waals surface area contributed by atoms with Crippen molar-refractivity contribution in [3.8, 4) is 0 Å². The van der Waals surface area contributed by atoms with Crippen LogP contribution in [-0.2, 0) is 55.8 Å². The Morgan fingerprint density at radius 1 is 0.257 bits per heavy atom. The second kappa shape index (κ2) is 86.3. The van der Waals surface area contributed by atoms with E-state index >= 15 is 0 Å². The summed E-state index contributed by atoms with van der Waals surface area (Å²) < 4.78 is 61.4. The molecule has 18 heteroatoms. The molecule has 0 aromatic rings. The SMILES string of the molecule is CC/C=C\C/C=C\C/C=C\C/C=C\C/C=C\CCCCCCCCCCCCCCCCCC(=O)OCC(O)COP(=O)(O)OCC(O)COP(=O)(O)OCC(COC(=O)CCCCCCCCCCC/C=C\C/C=C\C/C=C\C/C=C\C/C=C\CC)OC(=O)CCCCCCC/C=C\C/C=C\C/C=C\C/C=C\CCCCC. The molecule has 0 spiro atoms. The summed E-state index contributed by atoms with van der Waals surface area (Å²) in [6, 6.07) is 0. The van der Waals surface area contributed by atoms with E-state index in [1.54, 1.807) is 0 Å². The van der Waals surface area contributed by atoms with Gasteiger partial charge in [0.2, 0.25) is 0 Å². The molecule has 0 aliphatic rings. The molecule has 113 heavy (non-hydrogen) atoms. The molecule has 0 aliphatic heterocycles. The number of phosphoric ester groups is 2. The van der Waals surface area contributed by atoms with Gasteiger partial charge >= 0.3 is 33.6 Å². The average molecular weight is 1620 g/mol. The van der Waals surface area contributed by atoms with Crippen molar-refractivity contribution in [3.05, 3.63) is 170 Å². The smallest absolute Gasteiger partial charge is 0.463 e. The summed E-state index contributed by atoms with van der Waals surface area (Å²) in [5.41, 5.74) is 0. The predicted octanol–water partition coefficient (Wildman–Crippen LogP) is 27.1. The van der Waals surface area contributed by atoms with Gasteiger partial charge in [-0.1, -0.05) is 351 Å². The fourth-order valence-corrected chi connectivity index (χ4v) is 13.3. The summed E-state index contributed by atoms with van der Waals surface area (Å²) in [5.74, 6) is -1.60. The first-order valence-electron chi connectivity index (χ1n) is 44.4. The van der Waals surface area contributed by atoms with Gasteiger partial charge in [-0.2, -0.15) is 0 Å². The quantitative estimate of drug-likeness (QED) is 0.0146. The minimum absolute atomic E-state index is 0.0775. The van der Waals surface area contributed by atoms with E-state index in [-0.39, 0.29) is 19.3 Å². The number of carbonyl (C=O) groups excluding carboxylic acids is 3. The third-order valence-corrected chi connectivity index (χ3v) is 20.3. The highest BCUT2D eigenvalue weighted by Gasteiger charge is 2.29. The maximum atomic E-state index is 13.0. The lowest BCUT2D eigenvalue weighted by Crippen LogP contribution is -2.30. The first kappa shape index (κ1) is 108. The molecule has 0 amide bonds. The van der Waals surface area contributed by atoms with E-state index in [0.717, 1.165) is 173 Å². The van der Waals surface area contributed by atoms with E-state index in [1.165, 1.54) is 122 Å². The van der Waals surface area contributed by atoms with Gasteiger partial charge in [-0.15, -0.1) is 0 Å². The van der Waals surface area contributed by atoms with Gasteiger partial charge in [0.1, 0.15) is 25.4 Å². The highest BCUT2D eigenvalue weighted by atomic mass is 31.2. The number of hydrogen-bond donors (Lipinski definition) is 4. The van der Waals surface area contributed by atoms with Gasteiger partial charge in [0.15, 0.2) is 6.10 Å². The van der Waals surface area contributed by atoms with Crippen LogP contribution in [0.25, 0.3) is 0 Å². The fraction of sp³-hybridized carbons (Fsp3) is 0.674. The van der Waals surface area contributed by atoms with E-state index in [0.29, 0.717) is 19.3 Å². The molecule has 0 saturated carbocycles. The summed E-state index contributed by atoms with van der Waals surface area (Å²) in [6.45, 7) is 2.43. The Labute approximate surface area is 688 Å². The van der Waals surface area contributed by atoms with Crippen molar-refractivity contribution >= 4 is 33.6 Å². The van der Waals surface area contributed by atoms with E-state index in [9.17, 15) is 43.5 Å². The molecule has 0 heterocycles. The van der Waals surface area contributed by atoms with Crippen LogP contribution >= 0.6 is 15.6 Å². The summed E-state index contributed by atoms with van der Waals surface area (Å²) in [7, 11) is -9.82. The summed E-state index contributed by atoms with van der Waals surface area (Å²) in [5, 5.41) is 20.7. The predicted molar refractivity (Wildman–Crippen MR) is 472 cm³/mol. The maximum absolute atomic E-state index is 13.0. The first-order chi connectivity index (χ1) is 55.2. The average Bonchev–Trinajstić information content (AvgIpc) is 0.900. The minimum atomic E-state index is -4.95. The maximum Gasteiger partial charge on any atom is 0.472 e. The van der Waals surface area contributed by atoms with Crippen LogP contribution in [0.2, 0.25) is 0 Å². The molecule has 0 fully saturated rings. The van der Waals surface area contributed by atoms with Crippen LogP contribution in [0, 0.1) is 0 Å². The molecule has 0 saturated heterocycles. The topological polar surface area (TPSA) is 231 Å². The highest BCUT2D eigenvalue weighted by Crippen LogP contribution is 2.45. The molecule has 0 aromatic heterocycles. The molecule has 5 atom stereocenters. The Balaban J connectivity index is 4.61. The number of phosphoric acid groups is 2. The van der Waals surface area contributed by atoms with Gasteiger partial charge in [0.05, 0.1) is 26.4 Å². The number of unbranched alkanes of at least 4 members (excludes halogenated alkanes) is 32. The van der Waals surface area contributed by atoms with Crippen molar-refractivity contribution in [3.63, 3.8) is 0 Å². The van der Waals surface area contributed by atoms with E-state index in [4.69, 9.17) is 32.3 Å². The lowest BCUT2D eigenvalue weighted by molar-refractivity contribution is -0.161. The molecular formula is C95H160O16P2. The molecule has 0 bridgehead atoms. The zero-order valence-corrected chi connectivity index (χ0v) is 72.8. The summed E-state index contributed by atoms with van der Waals surface area (Å²) in [6.07, 6.45) is 111. The molecule has 0 aromatic carbocycles. The van der Waals surface area contributed by atoms with Gasteiger partial charge in [0.25, 0.3) is 0 Å². The highest BCUT2D eigenvalue weighted by molar-refractivity contribution is 7.47. The number of rotatable bonds is 83. The van der Waals surface area contributed by atoms with Gasteiger partial charge in [-0.3, -0.25) is 32.5 Å². The Kier molecular flexibility index (Phi) is 82.4. The Bertz CT molecular complexity index is 2730. The van der Waals surface area contributed by atoms with Crippen LogP contribution in [0.1, 0.15) is 355 Å². The second-order valence-corrected chi connectivity index (χ2v) is 32.2. The third-order valence-electron chi connectivity index (χ3n) is 18.4. The first-order valence-corrected chi connectivity index (χ1v) is 47.4. The summed E-state index contributed by atoms with van der Waals surface area (Å²) >= 11 is 0. The zero-order chi connectivity index (χ0) is 82.2. The normalized spacial score (nSPS) is 14.6. The van der Waals surface area contributed by atoms with Crippen LogP contribution in [0.15, 0.2) is 170 Å². The van der Waals surface area contributed by atoms with Crippen molar-refractivity contribution < 1.29 is 75.8 Å². The fourth-order valence-electron chi connectivity index (χ4n) is 11.7. The van der Waals surface area contributed by atoms with E-state index in [2.05, 4.69) is 191 Å². The standard InChI is InChI=1S/C95H160O16P2/c1-4-7-10-13-16-19-22-25-28-31-34-37-39-41-42-43-44-45-46-48-50-52-54-57-60-63-66-69-72-75-78-81-93(98)105-84-90(96)85-107-112(101,102)108-86-91(97)87-109-113(103,104)110-89-92(111-95(100)83-80-77-74-71-68-65-62-59-56-51-36-33-30-27-24-21-18-15-12-9-6-3)88-106-94(99)82-79-76-73-70-67-64-61-58-55-53-49-47-40-38-35-32-29-26-23-20-17-14-11-8-5-2/h7-8,10-11,16-21,25-30,34-38,41-42,47,49,51,59,62,90-92,96-97H,4-6,9,12-15,22-24,31-33,39-40,43-46,48,50,52-58,60-61,63-89H2,1-3H3,(H,101,102)(H,103,104)/b10-7-,11-8-,19-16-,20-17-,21-18-,28-25-,29-26-,30-27-,37-34-,38-35-,42-41-,49-47-,51-36-,62-59-. The Morgan fingerprint density at radius 3 is 0.743 bits per heavy atom. The molecule has 0 aliphatic carbocycles. The zero-order valence-electron chi connectivity index (χ0n) is 71.0. The van der Waals surface area contributed by atoms with Crippen molar-refractivity contribution in [1.29, 1.82) is 0 Å². The Morgan fingerprint density at radius 2 is 0.469 bits per heavy atom.